The molecule has 226 valence electrons. The molecule has 6 heterocycles. The second-order valence-electron chi connectivity index (χ2n) is 12.3. The Labute approximate surface area is 266 Å². The highest BCUT2D eigenvalue weighted by Crippen LogP contribution is 2.42. The van der Waals surface area contributed by atoms with Gasteiger partial charge < -0.3 is 10.6 Å². The topological polar surface area (TPSA) is 126 Å². The highest BCUT2D eigenvalue weighted by atomic mass is 15.3. The molecule has 10 heteroatoms. The molecule has 0 bridgehead atoms. The zero-order valence-electron chi connectivity index (χ0n) is 25.3. The van der Waals surface area contributed by atoms with Crippen molar-refractivity contribution in [2.75, 3.05) is 36.8 Å². The molecule has 2 N–H and O–H groups in total. The Morgan fingerprint density at radius 1 is 0.804 bits per heavy atom. The van der Waals surface area contributed by atoms with E-state index in [-0.39, 0.29) is 5.82 Å². The number of imidazole rings is 1. The highest BCUT2D eigenvalue weighted by molar-refractivity contribution is 5.84. The zero-order chi connectivity index (χ0) is 31.1. The monoisotopic (exact) mass is 604 g/mol. The molecule has 0 radical (unpaired) electrons. The molecular weight excluding hydrogens is 572 g/mol. The van der Waals surface area contributed by atoms with Crippen LogP contribution < -0.4 is 10.6 Å². The number of hydrogen-bond acceptors (Lipinski definition) is 9. The van der Waals surface area contributed by atoms with E-state index in [2.05, 4.69) is 65.7 Å². The van der Waals surface area contributed by atoms with Crippen LogP contribution in [0.3, 0.4) is 0 Å². The van der Waals surface area contributed by atoms with E-state index >= 15 is 0 Å². The first kappa shape index (κ1) is 27.9. The molecule has 46 heavy (non-hydrogen) atoms. The fraction of sp³-hybridized carbons (Fsp3) is 0.222. The minimum Gasteiger partial charge on any atom is -0.383 e. The minimum atomic E-state index is 0.228. The number of nitrogen functional groups attached to an aromatic ring is 1. The lowest BCUT2D eigenvalue weighted by Gasteiger charge is -2.54. The molecule has 10 nitrogen and oxygen atoms in total. The van der Waals surface area contributed by atoms with Crippen LogP contribution in [0.15, 0.2) is 97.3 Å². The van der Waals surface area contributed by atoms with Crippen LogP contribution in [0.2, 0.25) is 0 Å². The van der Waals surface area contributed by atoms with Gasteiger partial charge in [0.15, 0.2) is 11.5 Å². The third-order valence-corrected chi connectivity index (χ3v) is 9.29. The van der Waals surface area contributed by atoms with Crippen LogP contribution in [-0.2, 0) is 6.54 Å². The summed E-state index contributed by atoms with van der Waals surface area (Å²) in [7, 11) is 0. The number of anilines is 2. The summed E-state index contributed by atoms with van der Waals surface area (Å²) in [5.41, 5.74) is 13.2. The van der Waals surface area contributed by atoms with Crippen LogP contribution >= 0.6 is 0 Å². The van der Waals surface area contributed by atoms with E-state index in [1.54, 1.807) is 12.4 Å². The van der Waals surface area contributed by atoms with E-state index in [1.165, 1.54) is 5.56 Å². The molecule has 1 spiro atoms. The second-order valence-corrected chi connectivity index (χ2v) is 12.3. The number of nitrogens with two attached hydrogens (primary N) is 1. The number of pyridine rings is 2. The molecule has 0 amide bonds. The number of nitriles is 1. The molecule has 0 atom stereocenters. The summed E-state index contributed by atoms with van der Waals surface area (Å²) in [4.78, 5) is 27.6. The van der Waals surface area contributed by atoms with Gasteiger partial charge in [-0.2, -0.15) is 5.26 Å². The lowest BCUT2D eigenvalue weighted by Crippen LogP contribution is -2.60. The summed E-state index contributed by atoms with van der Waals surface area (Å²) < 4.78 is 2.09. The van der Waals surface area contributed by atoms with Crippen molar-refractivity contribution in [3.05, 3.63) is 109 Å². The van der Waals surface area contributed by atoms with Gasteiger partial charge in [-0.25, -0.2) is 24.9 Å². The summed E-state index contributed by atoms with van der Waals surface area (Å²) in [6.45, 7) is 5.00. The number of fused-ring (bicyclic) bond motifs is 1. The van der Waals surface area contributed by atoms with Gasteiger partial charge in [0.25, 0.3) is 0 Å². The van der Waals surface area contributed by atoms with E-state index in [1.807, 2.05) is 54.6 Å². The maximum atomic E-state index is 9.14. The average Bonchev–Trinajstić information content (AvgIpc) is 3.47. The van der Waals surface area contributed by atoms with Crippen molar-refractivity contribution < 1.29 is 0 Å². The standard InChI is InChI=1S/C36H32N10/c37-21-31-39-18-14-32(43-31)45-23-36(24-45)15-19-44(20-16-36)22-25-8-10-27(11-9-25)46-34(28-7-4-17-40-33(28)38)42-30-13-12-29(41-35(30)46)26-5-2-1-3-6-26/h1-14,17-18H,15-16,19-20,22-24H2,(H2,38,40). The molecule has 4 aromatic heterocycles. The molecule has 0 unspecified atom stereocenters. The smallest absolute Gasteiger partial charge is 0.234 e. The van der Waals surface area contributed by atoms with Crippen LogP contribution in [0.1, 0.15) is 24.2 Å². The van der Waals surface area contributed by atoms with Gasteiger partial charge >= 0.3 is 0 Å². The van der Waals surface area contributed by atoms with Crippen molar-refractivity contribution in [1.29, 1.82) is 5.26 Å². The summed E-state index contributed by atoms with van der Waals surface area (Å²) >= 11 is 0. The number of likely N-dealkylation sites (tertiary alicyclic amines) is 1. The normalized spacial score (nSPS) is 15.9. The van der Waals surface area contributed by atoms with Gasteiger partial charge in [-0.15, -0.1) is 0 Å². The van der Waals surface area contributed by atoms with Crippen LogP contribution in [0.25, 0.3) is 39.5 Å². The molecule has 2 fully saturated rings. The molecule has 0 aliphatic carbocycles. The molecule has 0 saturated carbocycles. The number of rotatable bonds is 6. The average molecular weight is 605 g/mol. The van der Waals surface area contributed by atoms with E-state index in [0.717, 1.165) is 85.1 Å². The molecule has 8 rings (SSSR count). The summed E-state index contributed by atoms with van der Waals surface area (Å²) in [6, 6.07) is 30.7. The van der Waals surface area contributed by atoms with E-state index in [4.69, 9.17) is 21.0 Å². The van der Waals surface area contributed by atoms with Gasteiger partial charge in [-0.05, 0) is 74.0 Å². The van der Waals surface area contributed by atoms with Crippen LogP contribution in [0, 0.1) is 16.7 Å². The van der Waals surface area contributed by atoms with Gasteiger partial charge in [0.05, 0.1) is 11.3 Å². The van der Waals surface area contributed by atoms with Gasteiger partial charge in [0, 0.05) is 48.7 Å². The first-order valence-corrected chi connectivity index (χ1v) is 15.5. The minimum absolute atomic E-state index is 0.228. The van der Waals surface area contributed by atoms with Crippen molar-refractivity contribution >= 4 is 22.8 Å². The third kappa shape index (κ3) is 5.10. The van der Waals surface area contributed by atoms with E-state index < -0.39 is 0 Å². The molecule has 2 aromatic carbocycles. The number of piperidine rings is 1. The molecule has 2 aliphatic heterocycles. The summed E-state index contributed by atoms with van der Waals surface area (Å²) in [5.74, 6) is 2.23. The van der Waals surface area contributed by atoms with E-state index in [9.17, 15) is 0 Å². The maximum absolute atomic E-state index is 9.14. The predicted molar refractivity (Wildman–Crippen MR) is 178 cm³/mol. The first-order chi connectivity index (χ1) is 22.6. The summed E-state index contributed by atoms with van der Waals surface area (Å²) in [5, 5.41) is 9.14. The number of aromatic nitrogens is 6. The Balaban J connectivity index is 1.01. The second kappa shape index (κ2) is 11.4. The number of hydrogen-bond donors (Lipinski definition) is 1. The fourth-order valence-corrected chi connectivity index (χ4v) is 6.77. The Kier molecular flexibility index (Phi) is 6.88. The molecule has 6 aromatic rings. The lowest BCUT2D eigenvalue weighted by atomic mass is 9.72. The third-order valence-electron chi connectivity index (χ3n) is 9.29. The van der Waals surface area contributed by atoms with Crippen molar-refractivity contribution in [3.63, 3.8) is 0 Å². The summed E-state index contributed by atoms with van der Waals surface area (Å²) in [6.07, 6.45) is 5.68. The fourth-order valence-electron chi connectivity index (χ4n) is 6.77. The van der Waals surface area contributed by atoms with Crippen molar-refractivity contribution in [1.82, 2.24) is 34.4 Å². The Bertz CT molecular complexity index is 2060. The largest absolute Gasteiger partial charge is 0.383 e. The Hall–Kier alpha value is -5.66. The SMILES string of the molecule is N#Cc1nccc(N2CC3(CCN(Cc4ccc(-n5c(-c6cccnc6N)nc6ccc(-c7ccccc7)nc65)cc4)CC3)C2)n1. The van der Waals surface area contributed by atoms with Crippen LogP contribution in [0.5, 0.6) is 0 Å². The zero-order valence-corrected chi connectivity index (χ0v) is 25.3. The van der Waals surface area contributed by atoms with Crippen LogP contribution in [-0.4, -0.2) is 60.6 Å². The van der Waals surface area contributed by atoms with Crippen molar-refractivity contribution in [2.45, 2.75) is 19.4 Å². The Morgan fingerprint density at radius 2 is 1.61 bits per heavy atom. The van der Waals surface area contributed by atoms with Crippen LogP contribution in [0.4, 0.5) is 11.6 Å². The van der Waals surface area contributed by atoms with Gasteiger partial charge in [-0.1, -0.05) is 42.5 Å². The number of nitrogens with zero attached hydrogens (tertiary/aromatic N) is 9. The van der Waals surface area contributed by atoms with Crippen molar-refractivity contribution in [2.24, 2.45) is 5.41 Å². The lowest BCUT2D eigenvalue weighted by molar-refractivity contribution is 0.0719. The molecule has 2 aliphatic rings. The molecular formula is C36H32N10. The quantitative estimate of drug-likeness (QED) is 0.262. The first-order valence-electron chi connectivity index (χ1n) is 15.5. The van der Waals surface area contributed by atoms with Gasteiger partial charge in [0.1, 0.15) is 23.2 Å². The number of benzene rings is 2. The van der Waals surface area contributed by atoms with Gasteiger partial charge in [0.2, 0.25) is 5.82 Å². The molecule has 2 saturated heterocycles. The predicted octanol–water partition coefficient (Wildman–Crippen LogP) is 5.50. The van der Waals surface area contributed by atoms with Gasteiger partial charge in [-0.3, -0.25) is 9.47 Å². The Morgan fingerprint density at radius 3 is 2.37 bits per heavy atom. The van der Waals surface area contributed by atoms with E-state index in [0.29, 0.717) is 17.1 Å². The van der Waals surface area contributed by atoms with Crippen molar-refractivity contribution in [3.8, 4) is 34.4 Å². The highest BCUT2D eigenvalue weighted by Gasteiger charge is 2.45. The maximum Gasteiger partial charge on any atom is 0.234 e.